The topological polar surface area (TPSA) is 126 Å². The van der Waals surface area contributed by atoms with E-state index in [1.807, 2.05) is 31.2 Å². The summed E-state index contributed by atoms with van der Waals surface area (Å²) in [5.41, 5.74) is 8.66. The zero-order chi connectivity index (χ0) is 23.8. The summed E-state index contributed by atoms with van der Waals surface area (Å²) >= 11 is 1.40. The van der Waals surface area contributed by atoms with E-state index in [1.165, 1.54) is 11.8 Å². The Morgan fingerprint density at radius 3 is 2.67 bits per heavy atom. The first-order chi connectivity index (χ1) is 15.6. The molecule has 0 unspecified atom stereocenters. The lowest BCUT2D eigenvalue weighted by Gasteiger charge is -2.19. The number of nitrogens with zero attached hydrogens (tertiary/aromatic N) is 3. The van der Waals surface area contributed by atoms with Gasteiger partial charge in [0.2, 0.25) is 5.91 Å². The predicted octanol–water partition coefficient (Wildman–Crippen LogP) is 3.84. The van der Waals surface area contributed by atoms with Gasteiger partial charge in [-0.1, -0.05) is 23.9 Å². The molecule has 0 aliphatic carbocycles. The van der Waals surface area contributed by atoms with Crippen LogP contribution in [-0.4, -0.2) is 42.9 Å². The highest BCUT2D eigenvalue weighted by Gasteiger charge is 2.18. The van der Waals surface area contributed by atoms with Gasteiger partial charge in [-0.2, -0.15) is 5.10 Å². The molecule has 4 aromatic rings. The number of nitrogens with two attached hydrogens (primary N) is 1. The van der Waals surface area contributed by atoms with Crippen LogP contribution in [0.2, 0.25) is 0 Å². The first kappa shape index (κ1) is 22.6. The number of amides is 1. The van der Waals surface area contributed by atoms with Crippen LogP contribution >= 0.6 is 11.8 Å². The number of primary amides is 1. The van der Waals surface area contributed by atoms with Crippen LogP contribution in [0.3, 0.4) is 0 Å². The highest BCUT2D eigenvalue weighted by Crippen LogP contribution is 2.33. The largest absolute Gasteiger partial charge is 0.508 e. The standard InChI is InChI=1S/C24H25N5O3S/c1-14-9-15(7-8-18(14)22(25)31)20-12-26-23-19(27-13-24(2,3)32)11-21(28-29(20)23)33-17-6-4-5-16(30)10-17/h4-12,27,30,32H,13H2,1-3H3,(H2,25,31). The van der Waals surface area contributed by atoms with E-state index in [9.17, 15) is 15.0 Å². The molecule has 9 heteroatoms. The molecule has 0 aliphatic rings. The first-order valence-electron chi connectivity index (χ1n) is 10.3. The van der Waals surface area contributed by atoms with Crippen molar-refractivity contribution in [1.29, 1.82) is 0 Å². The quantitative estimate of drug-likeness (QED) is 0.328. The summed E-state index contributed by atoms with van der Waals surface area (Å²) in [6, 6.07) is 14.2. The summed E-state index contributed by atoms with van der Waals surface area (Å²) in [7, 11) is 0. The Hall–Kier alpha value is -3.56. The molecular weight excluding hydrogens is 438 g/mol. The molecule has 33 heavy (non-hydrogen) atoms. The average molecular weight is 464 g/mol. The maximum absolute atomic E-state index is 11.6. The SMILES string of the molecule is Cc1cc(-c2cnc3c(NCC(C)(C)O)cc(Sc4cccc(O)c4)nn23)ccc1C(N)=O. The van der Waals surface area contributed by atoms with Crippen LogP contribution in [0, 0.1) is 6.92 Å². The molecule has 2 aromatic carbocycles. The maximum Gasteiger partial charge on any atom is 0.248 e. The van der Waals surface area contributed by atoms with Crippen molar-refractivity contribution in [2.75, 3.05) is 11.9 Å². The van der Waals surface area contributed by atoms with Gasteiger partial charge in [-0.15, -0.1) is 0 Å². The lowest BCUT2D eigenvalue weighted by molar-refractivity contribution is 0.0944. The van der Waals surface area contributed by atoms with Gasteiger partial charge >= 0.3 is 0 Å². The fourth-order valence-electron chi connectivity index (χ4n) is 3.40. The number of aryl methyl sites for hydroxylation is 1. The Bertz CT molecular complexity index is 1340. The molecule has 0 spiro atoms. The number of carbonyl (C=O) groups excluding carboxylic acids is 1. The normalized spacial score (nSPS) is 11.6. The molecule has 0 atom stereocenters. The van der Waals surface area contributed by atoms with E-state index < -0.39 is 11.5 Å². The zero-order valence-corrected chi connectivity index (χ0v) is 19.3. The lowest BCUT2D eigenvalue weighted by Crippen LogP contribution is -2.29. The number of aromatic hydroxyl groups is 1. The van der Waals surface area contributed by atoms with Gasteiger partial charge in [0.15, 0.2) is 5.65 Å². The molecule has 8 nitrogen and oxygen atoms in total. The summed E-state index contributed by atoms with van der Waals surface area (Å²) in [5.74, 6) is -0.298. The number of rotatable bonds is 7. The van der Waals surface area contributed by atoms with Gasteiger partial charge in [0, 0.05) is 22.6 Å². The van der Waals surface area contributed by atoms with E-state index >= 15 is 0 Å². The molecule has 0 radical (unpaired) electrons. The third kappa shape index (κ3) is 5.10. The van der Waals surface area contributed by atoms with E-state index in [2.05, 4.69) is 10.3 Å². The molecule has 2 heterocycles. The number of fused-ring (bicyclic) bond motifs is 1. The number of aromatic nitrogens is 3. The van der Waals surface area contributed by atoms with Gasteiger partial charge in [-0.05, 0) is 62.7 Å². The number of nitrogens with one attached hydrogen (secondary N) is 1. The number of hydrogen-bond donors (Lipinski definition) is 4. The van der Waals surface area contributed by atoms with Crippen LogP contribution in [0.15, 0.2) is 64.6 Å². The van der Waals surface area contributed by atoms with E-state index in [1.54, 1.807) is 48.8 Å². The number of phenols is 1. The maximum atomic E-state index is 11.6. The Labute approximate surface area is 195 Å². The van der Waals surface area contributed by atoms with Crippen LogP contribution in [0.5, 0.6) is 5.75 Å². The Kier molecular flexibility index (Phi) is 6.01. The van der Waals surface area contributed by atoms with E-state index in [0.717, 1.165) is 21.7 Å². The van der Waals surface area contributed by atoms with Crippen LogP contribution in [0.1, 0.15) is 29.8 Å². The fraction of sp³-hybridized carbons (Fsp3) is 0.208. The molecule has 0 aliphatic heterocycles. The molecule has 2 aromatic heterocycles. The summed E-state index contributed by atoms with van der Waals surface area (Å²) < 4.78 is 1.73. The minimum atomic E-state index is -0.921. The number of anilines is 1. The molecule has 0 fully saturated rings. The monoisotopic (exact) mass is 463 g/mol. The summed E-state index contributed by atoms with van der Waals surface area (Å²) in [6.45, 7) is 5.60. The van der Waals surface area contributed by atoms with Gasteiger partial charge in [-0.3, -0.25) is 4.79 Å². The highest BCUT2D eigenvalue weighted by molar-refractivity contribution is 7.99. The molecule has 0 bridgehead atoms. The van der Waals surface area contributed by atoms with Crippen molar-refractivity contribution in [3.05, 3.63) is 65.9 Å². The fourth-order valence-corrected chi connectivity index (χ4v) is 4.27. The molecular formula is C24H25N5O3S. The van der Waals surface area contributed by atoms with Crippen LogP contribution < -0.4 is 11.1 Å². The number of imidazole rings is 1. The third-order valence-electron chi connectivity index (χ3n) is 4.98. The zero-order valence-electron chi connectivity index (χ0n) is 18.5. The first-order valence-corrected chi connectivity index (χ1v) is 11.1. The van der Waals surface area contributed by atoms with Gasteiger partial charge in [0.05, 0.1) is 23.2 Å². The number of carbonyl (C=O) groups is 1. The molecule has 1 amide bonds. The summed E-state index contributed by atoms with van der Waals surface area (Å²) in [6.07, 6.45) is 1.72. The summed E-state index contributed by atoms with van der Waals surface area (Å²) in [4.78, 5) is 17.0. The summed E-state index contributed by atoms with van der Waals surface area (Å²) in [5, 5.41) is 28.7. The van der Waals surface area contributed by atoms with Crippen molar-refractivity contribution in [1.82, 2.24) is 14.6 Å². The van der Waals surface area contributed by atoms with Crippen LogP contribution in [0.4, 0.5) is 5.69 Å². The van der Waals surface area contributed by atoms with Crippen LogP contribution in [0.25, 0.3) is 16.9 Å². The number of benzene rings is 2. The average Bonchev–Trinajstić information content (AvgIpc) is 3.15. The van der Waals surface area contributed by atoms with Crippen molar-refractivity contribution >= 4 is 29.0 Å². The molecule has 170 valence electrons. The predicted molar refractivity (Wildman–Crippen MR) is 129 cm³/mol. The van der Waals surface area contributed by atoms with Crippen molar-refractivity contribution in [3.8, 4) is 17.0 Å². The van der Waals surface area contributed by atoms with Crippen LogP contribution in [-0.2, 0) is 0 Å². The molecule has 0 saturated heterocycles. The van der Waals surface area contributed by atoms with Crippen molar-refractivity contribution < 1.29 is 15.0 Å². The molecule has 0 saturated carbocycles. The molecule has 4 rings (SSSR count). The number of hydrogen-bond acceptors (Lipinski definition) is 7. The van der Waals surface area contributed by atoms with Gasteiger partial charge in [-0.25, -0.2) is 9.50 Å². The smallest absolute Gasteiger partial charge is 0.248 e. The van der Waals surface area contributed by atoms with E-state index in [4.69, 9.17) is 10.8 Å². The second-order valence-electron chi connectivity index (χ2n) is 8.43. The highest BCUT2D eigenvalue weighted by atomic mass is 32.2. The number of phenolic OH excluding ortho intramolecular Hbond substituents is 1. The Morgan fingerprint density at radius 2 is 2.00 bits per heavy atom. The second-order valence-corrected chi connectivity index (χ2v) is 9.53. The Morgan fingerprint density at radius 1 is 1.21 bits per heavy atom. The van der Waals surface area contributed by atoms with Gasteiger partial charge < -0.3 is 21.3 Å². The van der Waals surface area contributed by atoms with Gasteiger partial charge in [0.25, 0.3) is 0 Å². The lowest BCUT2D eigenvalue weighted by atomic mass is 10.0. The van der Waals surface area contributed by atoms with E-state index in [0.29, 0.717) is 28.5 Å². The van der Waals surface area contributed by atoms with Gasteiger partial charge in [0.1, 0.15) is 10.8 Å². The Balaban J connectivity index is 1.82. The third-order valence-corrected chi connectivity index (χ3v) is 5.88. The molecule has 5 N–H and O–H groups in total. The minimum Gasteiger partial charge on any atom is -0.508 e. The van der Waals surface area contributed by atoms with E-state index in [-0.39, 0.29) is 5.75 Å². The minimum absolute atomic E-state index is 0.176. The van der Waals surface area contributed by atoms with Crippen molar-refractivity contribution in [3.63, 3.8) is 0 Å². The van der Waals surface area contributed by atoms with Crippen molar-refractivity contribution in [2.45, 2.75) is 36.3 Å². The number of aliphatic hydroxyl groups is 1. The van der Waals surface area contributed by atoms with Crippen molar-refractivity contribution in [2.24, 2.45) is 5.73 Å². The second kappa shape index (κ2) is 8.76.